The molecule has 140 valence electrons. The first-order valence-corrected chi connectivity index (χ1v) is 10.1. The Morgan fingerprint density at radius 3 is 2.60 bits per heavy atom. The van der Waals surface area contributed by atoms with Crippen LogP contribution in [0.4, 0.5) is 8.78 Å². The molecule has 1 aromatic carbocycles. The Balaban J connectivity index is 2.14. The average Bonchev–Trinajstić information content (AvgIpc) is 2.89. The molecule has 1 N–H and O–H groups in total. The van der Waals surface area contributed by atoms with Gasteiger partial charge in [0.05, 0.1) is 11.8 Å². The lowest BCUT2D eigenvalue weighted by Crippen LogP contribution is -2.48. The molecule has 0 spiro atoms. The van der Waals surface area contributed by atoms with Crippen LogP contribution in [0.1, 0.15) is 51.1 Å². The summed E-state index contributed by atoms with van der Waals surface area (Å²) in [7, 11) is -3.41. The number of sulfonamides is 1. The molecule has 0 aliphatic carbocycles. The van der Waals surface area contributed by atoms with Gasteiger partial charge in [-0.05, 0) is 37.5 Å². The van der Waals surface area contributed by atoms with E-state index in [2.05, 4.69) is 5.32 Å². The van der Waals surface area contributed by atoms with Gasteiger partial charge < -0.3 is 5.32 Å². The smallest absolute Gasteiger partial charge is 0.238 e. The number of rotatable bonds is 7. The number of carbonyl (C=O) groups is 1. The minimum absolute atomic E-state index is 0.0572. The first kappa shape index (κ1) is 19.8. The molecule has 1 heterocycles. The third-order valence-electron chi connectivity index (χ3n) is 4.42. The zero-order valence-corrected chi connectivity index (χ0v) is 15.3. The van der Waals surface area contributed by atoms with E-state index < -0.39 is 39.6 Å². The highest BCUT2D eigenvalue weighted by molar-refractivity contribution is 7.89. The van der Waals surface area contributed by atoms with Crippen LogP contribution in [0.25, 0.3) is 0 Å². The molecular weight excluding hydrogens is 350 g/mol. The zero-order valence-electron chi connectivity index (χ0n) is 14.5. The number of nitrogens with zero attached hydrogens (tertiary/aromatic N) is 1. The summed E-state index contributed by atoms with van der Waals surface area (Å²) in [5.41, 5.74) is 0.422. The van der Waals surface area contributed by atoms with Crippen molar-refractivity contribution in [2.45, 2.75) is 51.6 Å². The monoisotopic (exact) mass is 374 g/mol. The molecule has 0 saturated carbocycles. The second kappa shape index (κ2) is 8.23. The number of benzene rings is 1. The van der Waals surface area contributed by atoms with Crippen molar-refractivity contribution in [2.24, 2.45) is 0 Å². The number of amides is 1. The standard InChI is InChI=1S/C17H24F2N2O3S/c1-3-4-6-16(21-9-5-10-25(21,23)24)17(22)20-12(2)13-7-8-14(18)15(19)11-13/h7-8,11-12,16H,3-6,9-10H2,1-2H3,(H,20,22). The van der Waals surface area contributed by atoms with Crippen molar-refractivity contribution in [1.29, 1.82) is 0 Å². The van der Waals surface area contributed by atoms with E-state index in [1.54, 1.807) is 6.92 Å². The summed E-state index contributed by atoms with van der Waals surface area (Å²) in [6.07, 6.45) is 2.52. The van der Waals surface area contributed by atoms with Crippen LogP contribution in [0.3, 0.4) is 0 Å². The predicted octanol–water partition coefficient (Wildman–Crippen LogP) is 2.74. The summed E-state index contributed by atoms with van der Waals surface area (Å²) in [6, 6.07) is 2.12. The quantitative estimate of drug-likeness (QED) is 0.798. The van der Waals surface area contributed by atoms with Crippen molar-refractivity contribution in [1.82, 2.24) is 9.62 Å². The second-order valence-corrected chi connectivity index (χ2v) is 8.38. The molecule has 2 rings (SSSR count). The van der Waals surface area contributed by atoms with Crippen LogP contribution in [0.15, 0.2) is 18.2 Å². The Hall–Kier alpha value is -1.54. The first-order valence-electron chi connectivity index (χ1n) is 8.51. The Kier molecular flexibility index (Phi) is 6.51. The Labute approximate surface area is 147 Å². The van der Waals surface area contributed by atoms with Gasteiger partial charge in [0.2, 0.25) is 15.9 Å². The highest BCUT2D eigenvalue weighted by atomic mass is 32.2. The van der Waals surface area contributed by atoms with E-state index in [1.807, 2.05) is 6.92 Å². The topological polar surface area (TPSA) is 66.5 Å². The molecule has 1 fully saturated rings. The lowest BCUT2D eigenvalue weighted by Gasteiger charge is -2.27. The van der Waals surface area contributed by atoms with Gasteiger partial charge in [-0.15, -0.1) is 0 Å². The molecule has 1 aromatic rings. The van der Waals surface area contributed by atoms with E-state index in [-0.39, 0.29) is 5.75 Å². The lowest BCUT2D eigenvalue weighted by molar-refractivity contribution is -0.125. The number of halogens is 2. The lowest BCUT2D eigenvalue weighted by atomic mass is 10.1. The second-order valence-electron chi connectivity index (χ2n) is 6.34. The molecule has 2 unspecified atom stereocenters. The van der Waals surface area contributed by atoms with Crippen molar-refractivity contribution in [3.63, 3.8) is 0 Å². The van der Waals surface area contributed by atoms with E-state index in [9.17, 15) is 22.0 Å². The number of unbranched alkanes of at least 4 members (excludes halogenated alkanes) is 1. The third kappa shape index (κ3) is 4.76. The van der Waals surface area contributed by atoms with Crippen molar-refractivity contribution in [2.75, 3.05) is 12.3 Å². The fourth-order valence-corrected chi connectivity index (χ4v) is 4.71. The summed E-state index contributed by atoms with van der Waals surface area (Å²) < 4.78 is 52.0. The fraction of sp³-hybridized carbons (Fsp3) is 0.588. The highest BCUT2D eigenvalue weighted by Crippen LogP contribution is 2.22. The zero-order chi connectivity index (χ0) is 18.6. The molecule has 0 bridgehead atoms. The first-order chi connectivity index (χ1) is 11.8. The molecule has 25 heavy (non-hydrogen) atoms. The summed E-state index contributed by atoms with van der Waals surface area (Å²) in [5.74, 6) is -2.28. The van der Waals surface area contributed by atoms with Gasteiger partial charge >= 0.3 is 0 Å². The van der Waals surface area contributed by atoms with E-state index in [0.29, 0.717) is 24.9 Å². The molecular formula is C17H24F2N2O3S. The van der Waals surface area contributed by atoms with Crippen molar-refractivity contribution >= 4 is 15.9 Å². The summed E-state index contributed by atoms with van der Waals surface area (Å²) in [5, 5.41) is 2.73. The van der Waals surface area contributed by atoms with Gasteiger partial charge in [-0.2, -0.15) is 4.31 Å². The van der Waals surface area contributed by atoms with Crippen molar-refractivity contribution < 1.29 is 22.0 Å². The maximum atomic E-state index is 13.4. The number of nitrogens with one attached hydrogen (secondary N) is 1. The molecule has 2 atom stereocenters. The summed E-state index contributed by atoms with van der Waals surface area (Å²) >= 11 is 0. The molecule has 1 amide bonds. The maximum absolute atomic E-state index is 13.4. The van der Waals surface area contributed by atoms with E-state index >= 15 is 0 Å². The highest BCUT2D eigenvalue weighted by Gasteiger charge is 2.38. The SMILES string of the molecule is CCCCC(C(=O)NC(C)c1ccc(F)c(F)c1)N1CCCS1(=O)=O. The minimum Gasteiger partial charge on any atom is -0.348 e. The third-order valence-corrected chi connectivity index (χ3v) is 6.38. The van der Waals surface area contributed by atoms with Crippen LogP contribution in [0.5, 0.6) is 0 Å². The van der Waals surface area contributed by atoms with Crippen LogP contribution in [0, 0.1) is 11.6 Å². The van der Waals surface area contributed by atoms with Gasteiger partial charge in [-0.3, -0.25) is 4.79 Å². The molecule has 1 aliphatic rings. The Bertz CT molecular complexity index is 725. The van der Waals surface area contributed by atoms with Crippen LogP contribution in [0.2, 0.25) is 0 Å². The summed E-state index contributed by atoms with van der Waals surface area (Å²) in [4.78, 5) is 12.7. The number of hydrogen-bond donors (Lipinski definition) is 1. The van der Waals surface area contributed by atoms with Crippen LogP contribution in [-0.4, -0.2) is 37.0 Å². The molecule has 0 aromatic heterocycles. The number of hydrogen-bond acceptors (Lipinski definition) is 3. The Morgan fingerprint density at radius 1 is 1.32 bits per heavy atom. The van der Waals surface area contributed by atoms with Gasteiger partial charge in [0.25, 0.3) is 0 Å². The van der Waals surface area contributed by atoms with E-state index in [1.165, 1.54) is 10.4 Å². The summed E-state index contributed by atoms with van der Waals surface area (Å²) in [6.45, 7) is 3.96. The largest absolute Gasteiger partial charge is 0.348 e. The predicted molar refractivity (Wildman–Crippen MR) is 91.3 cm³/mol. The van der Waals surface area contributed by atoms with Gasteiger partial charge in [-0.25, -0.2) is 17.2 Å². The minimum atomic E-state index is -3.41. The number of carbonyl (C=O) groups excluding carboxylic acids is 1. The van der Waals surface area contributed by atoms with Gasteiger partial charge in [-0.1, -0.05) is 25.8 Å². The van der Waals surface area contributed by atoms with Gasteiger partial charge in [0.15, 0.2) is 11.6 Å². The molecule has 8 heteroatoms. The fourth-order valence-electron chi connectivity index (χ4n) is 2.99. The van der Waals surface area contributed by atoms with Crippen molar-refractivity contribution in [3.05, 3.63) is 35.4 Å². The van der Waals surface area contributed by atoms with E-state index in [0.717, 1.165) is 25.0 Å². The van der Waals surface area contributed by atoms with Crippen LogP contribution >= 0.6 is 0 Å². The van der Waals surface area contributed by atoms with E-state index in [4.69, 9.17) is 0 Å². The van der Waals surface area contributed by atoms with Gasteiger partial charge in [0.1, 0.15) is 6.04 Å². The van der Waals surface area contributed by atoms with Crippen molar-refractivity contribution in [3.8, 4) is 0 Å². The molecule has 0 radical (unpaired) electrons. The average molecular weight is 374 g/mol. The molecule has 1 saturated heterocycles. The van der Waals surface area contributed by atoms with Gasteiger partial charge in [0, 0.05) is 6.54 Å². The van der Waals surface area contributed by atoms with Crippen LogP contribution < -0.4 is 5.32 Å². The molecule has 5 nitrogen and oxygen atoms in total. The Morgan fingerprint density at radius 2 is 2.04 bits per heavy atom. The molecule has 1 aliphatic heterocycles. The normalized spacial score (nSPS) is 19.5. The maximum Gasteiger partial charge on any atom is 0.238 e. The van der Waals surface area contributed by atoms with Crippen LogP contribution in [-0.2, 0) is 14.8 Å².